The molecule has 0 saturated heterocycles. The van der Waals surface area contributed by atoms with Crippen LogP contribution in [-0.2, 0) is 6.54 Å². The quantitative estimate of drug-likeness (QED) is 0.852. The van der Waals surface area contributed by atoms with Crippen LogP contribution in [0.25, 0.3) is 0 Å². The molecule has 0 radical (unpaired) electrons. The Labute approximate surface area is 81.3 Å². The Morgan fingerprint density at radius 2 is 2.50 bits per heavy atom. The average Bonchev–Trinajstić information content (AvgIpc) is 2.36. The molecule has 3 nitrogen and oxygen atoms in total. The maximum Gasteiger partial charge on any atom is 0.0632 e. The van der Waals surface area contributed by atoms with Crippen LogP contribution in [0.15, 0.2) is 16.9 Å². The monoisotopic (exact) mass is 231 g/mol. The number of aromatic nitrogens is 2. The van der Waals surface area contributed by atoms with Gasteiger partial charge in [0.25, 0.3) is 0 Å². The first-order valence-corrected chi connectivity index (χ1v) is 4.84. The summed E-state index contributed by atoms with van der Waals surface area (Å²) in [5.74, 6) is 0.613. The van der Waals surface area contributed by atoms with Crippen LogP contribution in [0.3, 0.4) is 0 Å². The van der Waals surface area contributed by atoms with Gasteiger partial charge in [0.15, 0.2) is 0 Å². The maximum atomic E-state index is 4.18. The first kappa shape index (κ1) is 9.74. The number of nitrogens with one attached hydrogen (secondary N) is 1. The van der Waals surface area contributed by atoms with Gasteiger partial charge in [-0.2, -0.15) is 5.10 Å². The van der Waals surface area contributed by atoms with Gasteiger partial charge in [0.05, 0.1) is 10.7 Å². The van der Waals surface area contributed by atoms with E-state index >= 15 is 0 Å². The third-order valence-electron chi connectivity index (χ3n) is 1.65. The molecule has 0 amide bonds. The summed E-state index contributed by atoms with van der Waals surface area (Å²) in [6.45, 7) is 4.19. The molecule has 0 aromatic carbocycles. The van der Waals surface area contributed by atoms with E-state index in [2.05, 4.69) is 33.3 Å². The van der Waals surface area contributed by atoms with Crippen molar-refractivity contribution in [2.45, 2.75) is 13.5 Å². The summed E-state index contributed by atoms with van der Waals surface area (Å²) in [5.41, 5.74) is 0. The summed E-state index contributed by atoms with van der Waals surface area (Å²) in [4.78, 5) is 0. The predicted octanol–water partition coefficient (Wildman–Crippen LogP) is 1.50. The lowest BCUT2D eigenvalue weighted by Gasteiger charge is -2.09. The third-order valence-corrected chi connectivity index (χ3v) is 2.06. The highest BCUT2D eigenvalue weighted by Crippen LogP contribution is 2.07. The lowest BCUT2D eigenvalue weighted by Crippen LogP contribution is -2.20. The van der Waals surface area contributed by atoms with Gasteiger partial charge in [-0.05, 0) is 35.4 Å². The lowest BCUT2D eigenvalue weighted by molar-refractivity contribution is 0.435. The molecule has 0 spiro atoms. The molecule has 0 aliphatic heterocycles. The summed E-state index contributed by atoms with van der Waals surface area (Å²) >= 11 is 3.36. The Morgan fingerprint density at radius 1 is 1.75 bits per heavy atom. The molecule has 1 unspecified atom stereocenters. The van der Waals surface area contributed by atoms with Crippen LogP contribution in [0, 0.1) is 5.92 Å². The second-order valence-corrected chi connectivity index (χ2v) is 3.96. The Kier molecular flexibility index (Phi) is 3.75. The minimum absolute atomic E-state index is 0.613. The van der Waals surface area contributed by atoms with E-state index in [1.54, 1.807) is 0 Å². The van der Waals surface area contributed by atoms with Gasteiger partial charge in [0.1, 0.15) is 0 Å². The zero-order valence-electron chi connectivity index (χ0n) is 7.42. The van der Waals surface area contributed by atoms with Gasteiger partial charge < -0.3 is 5.32 Å². The topological polar surface area (TPSA) is 29.9 Å². The van der Waals surface area contributed by atoms with E-state index in [4.69, 9.17) is 0 Å². The Hall–Kier alpha value is -0.350. The Bertz CT molecular complexity index is 234. The maximum absolute atomic E-state index is 4.18. The summed E-state index contributed by atoms with van der Waals surface area (Å²) in [6.07, 6.45) is 3.80. The second kappa shape index (κ2) is 4.62. The molecule has 0 aliphatic rings. The SMILES string of the molecule is CNCC(C)Cn1cc(Br)cn1. The van der Waals surface area contributed by atoms with E-state index in [0.717, 1.165) is 17.6 Å². The Balaban J connectivity index is 2.41. The summed E-state index contributed by atoms with van der Waals surface area (Å²) in [6, 6.07) is 0. The smallest absolute Gasteiger partial charge is 0.0632 e. The van der Waals surface area contributed by atoms with Crippen LogP contribution in [0.4, 0.5) is 0 Å². The molecular weight excluding hydrogens is 218 g/mol. The van der Waals surface area contributed by atoms with Crippen LogP contribution in [-0.4, -0.2) is 23.4 Å². The molecule has 12 heavy (non-hydrogen) atoms. The van der Waals surface area contributed by atoms with Crippen LogP contribution in [0.2, 0.25) is 0 Å². The molecule has 0 bridgehead atoms. The molecule has 1 N–H and O–H groups in total. The molecule has 4 heteroatoms. The van der Waals surface area contributed by atoms with Crippen molar-refractivity contribution in [1.29, 1.82) is 0 Å². The minimum atomic E-state index is 0.613. The van der Waals surface area contributed by atoms with Gasteiger partial charge in [0, 0.05) is 12.7 Å². The number of rotatable bonds is 4. The van der Waals surface area contributed by atoms with Gasteiger partial charge in [-0.1, -0.05) is 6.92 Å². The first-order valence-electron chi connectivity index (χ1n) is 4.05. The molecule has 1 rings (SSSR count). The summed E-state index contributed by atoms with van der Waals surface area (Å²) in [7, 11) is 1.97. The van der Waals surface area contributed by atoms with Crippen LogP contribution in [0.1, 0.15) is 6.92 Å². The largest absolute Gasteiger partial charge is 0.319 e. The van der Waals surface area contributed by atoms with E-state index in [1.165, 1.54) is 0 Å². The van der Waals surface area contributed by atoms with Crippen molar-refractivity contribution in [1.82, 2.24) is 15.1 Å². The highest BCUT2D eigenvalue weighted by Gasteiger charge is 2.02. The highest BCUT2D eigenvalue weighted by atomic mass is 79.9. The number of hydrogen-bond donors (Lipinski definition) is 1. The fourth-order valence-corrected chi connectivity index (χ4v) is 1.50. The van der Waals surface area contributed by atoms with E-state index in [9.17, 15) is 0 Å². The van der Waals surface area contributed by atoms with E-state index < -0.39 is 0 Å². The summed E-state index contributed by atoms with van der Waals surface area (Å²) in [5, 5.41) is 7.32. The zero-order valence-corrected chi connectivity index (χ0v) is 9.00. The van der Waals surface area contributed by atoms with Gasteiger partial charge in [-0.15, -0.1) is 0 Å². The van der Waals surface area contributed by atoms with Crippen molar-refractivity contribution < 1.29 is 0 Å². The molecule has 1 aromatic heterocycles. The van der Waals surface area contributed by atoms with Crippen LogP contribution >= 0.6 is 15.9 Å². The predicted molar refractivity (Wildman–Crippen MR) is 53.0 cm³/mol. The molecule has 1 atom stereocenters. The van der Waals surface area contributed by atoms with Crippen molar-refractivity contribution in [2.24, 2.45) is 5.92 Å². The fraction of sp³-hybridized carbons (Fsp3) is 0.625. The van der Waals surface area contributed by atoms with Crippen molar-refractivity contribution in [3.05, 3.63) is 16.9 Å². The van der Waals surface area contributed by atoms with Crippen LogP contribution < -0.4 is 5.32 Å². The van der Waals surface area contributed by atoms with E-state index in [0.29, 0.717) is 5.92 Å². The van der Waals surface area contributed by atoms with E-state index in [-0.39, 0.29) is 0 Å². The average molecular weight is 232 g/mol. The molecule has 0 aliphatic carbocycles. The van der Waals surface area contributed by atoms with Crippen molar-refractivity contribution in [2.75, 3.05) is 13.6 Å². The van der Waals surface area contributed by atoms with Crippen molar-refractivity contribution in [3.63, 3.8) is 0 Å². The molecule has 0 fully saturated rings. The van der Waals surface area contributed by atoms with Gasteiger partial charge in [-0.3, -0.25) is 4.68 Å². The Morgan fingerprint density at radius 3 is 3.00 bits per heavy atom. The van der Waals surface area contributed by atoms with Crippen molar-refractivity contribution >= 4 is 15.9 Å². The first-order chi connectivity index (χ1) is 5.72. The summed E-state index contributed by atoms with van der Waals surface area (Å²) < 4.78 is 2.99. The number of nitrogens with zero attached hydrogens (tertiary/aromatic N) is 2. The fourth-order valence-electron chi connectivity index (χ4n) is 1.17. The van der Waals surface area contributed by atoms with Crippen molar-refractivity contribution in [3.8, 4) is 0 Å². The number of halogens is 1. The van der Waals surface area contributed by atoms with Gasteiger partial charge in [0.2, 0.25) is 0 Å². The highest BCUT2D eigenvalue weighted by molar-refractivity contribution is 9.10. The minimum Gasteiger partial charge on any atom is -0.319 e. The molecule has 68 valence electrons. The lowest BCUT2D eigenvalue weighted by atomic mass is 10.2. The van der Waals surface area contributed by atoms with Crippen LogP contribution in [0.5, 0.6) is 0 Å². The van der Waals surface area contributed by atoms with E-state index in [1.807, 2.05) is 24.1 Å². The second-order valence-electron chi connectivity index (χ2n) is 3.04. The standard InChI is InChI=1S/C8H14BrN3/c1-7(3-10-2)5-12-6-8(9)4-11-12/h4,6-7,10H,3,5H2,1-2H3. The number of hydrogen-bond acceptors (Lipinski definition) is 2. The molecular formula is C8H14BrN3. The molecule has 1 heterocycles. The van der Waals surface area contributed by atoms with Gasteiger partial charge >= 0.3 is 0 Å². The zero-order chi connectivity index (χ0) is 8.97. The molecule has 1 aromatic rings. The molecule has 0 saturated carbocycles. The third kappa shape index (κ3) is 2.95. The van der Waals surface area contributed by atoms with Gasteiger partial charge in [-0.25, -0.2) is 0 Å². The normalized spacial score (nSPS) is 13.2.